The number of nitro groups is 1. The van der Waals surface area contributed by atoms with Crippen LogP contribution in [0.3, 0.4) is 0 Å². The number of nitrogens with zero attached hydrogens (tertiary/aromatic N) is 3. The number of aromatic nitrogens is 2. The summed E-state index contributed by atoms with van der Waals surface area (Å²) >= 11 is 0. The molecule has 0 amide bonds. The first-order chi connectivity index (χ1) is 8.75. The molecule has 1 aromatic heterocycles. The number of benzene rings is 1. The van der Waals surface area contributed by atoms with E-state index in [9.17, 15) is 10.1 Å². The molecule has 0 radical (unpaired) electrons. The summed E-state index contributed by atoms with van der Waals surface area (Å²) in [4.78, 5) is 10.3. The minimum absolute atomic E-state index is 0.120. The number of non-ortho nitro benzene ring substituents is 1. The van der Waals surface area contributed by atoms with Gasteiger partial charge in [0.1, 0.15) is 0 Å². The fraction of sp³-hybridized carbons (Fsp3) is 0.455. The minimum atomic E-state index is -0.508. The first kappa shape index (κ1) is 10.9. The van der Waals surface area contributed by atoms with Crippen molar-refractivity contribution in [3.8, 4) is 5.75 Å². The molecule has 2 aromatic rings. The van der Waals surface area contributed by atoms with Gasteiger partial charge in [0.25, 0.3) is 0 Å². The van der Waals surface area contributed by atoms with Gasteiger partial charge in [-0.2, -0.15) is 0 Å². The van der Waals surface area contributed by atoms with Crippen LogP contribution in [0.1, 0.15) is 25.7 Å². The third kappa shape index (κ3) is 1.77. The molecule has 1 aliphatic carbocycles. The molecule has 94 valence electrons. The van der Waals surface area contributed by atoms with Gasteiger partial charge in [-0.05, 0) is 42.1 Å². The molecule has 7 heteroatoms. The smallest absolute Gasteiger partial charge is 0.301 e. The van der Waals surface area contributed by atoms with Crippen LogP contribution in [0.5, 0.6) is 5.75 Å². The van der Waals surface area contributed by atoms with E-state index >= 15 is 0 Å². The van der Waals surface area contributed by atoms with E-state index in [-0.39, 0.29) is 17.3 Å². The first-order valence-electron chi connectivity index (χ1n) is 5.82. The normalized spacial score (nSPS) is 16.2. The van der Waals surface area contributed by atoms with Crippen molar-refractivity contribution in [1.82, 2.24) is 10.3 Å². The molecule has 0 saturated heterocycles. The van der Waals surface area contributed by atoms with Crippen LogP contribution >= 0.6 is 0 Å². The molecular formula is C11H11N3O4. The van der Waals surface area contributed by atoms with Gasteiger partial charge in [-0.15, -0.1) is 0 Å². The van der Waals surface area contributed by atoms with Gasteiger partial charge in [-0.3, -0.25) is 10.1 Å². The predicted octanol–water partition coefficient (Wildman–Crippen LogP) is 2.45. The standard InChI is InChI=1S/C11H11N3O4/c15-14(16)8-5-6-9(11-10(8)12-18-13-11)17-7-3-1-2-4-7/h5-7H,1-4H2. The average Bonchev–Trinajstić information content (AvgIpc) is 2.98. The highest BCUT2D eigenvalue weighted by molar-refractivity contribution is 5.88. The van der Waals surface area contributed by atoms with Gasteiger partial charge in [0.05, 0.1) is 11.0 Å². The van der Waals surface area contributed by atoms with Crippen molar-refractivity contribution in [2.45, 2.75) is 31.8 Å². The minimum Gasteiger partial charge on any atom is -0.488 e. The van der Waals surface area contributed by atoms with E-state index in [2.05, 4.69) is 14.9 Å². The maximum absolute atomic E-state index is 10.8. The molecule has 1 saturated carbocycles. The van der Waals surface area contributed by atoms with Crippen molar-refractivity contribution < 1.29 is 14.3 Å². The molecule has 3 rings (SSSR count). The zero-order valence-corrected chi connectivity index (χ0v) is 9.54. The lowest BCUT2D eigenvalue weighted by Gasteiger charge is -2.12. The van der Waals surface area contributed by atoms with E-state index in [0.717, 1.165) is 25.7 Å². The highest BCUT2D eigenvalue weighted by atomic mass is 16.6. The zero-order valence-electron chi connectivity index (χ0n) is 9.54. The quantitative estimate of drug-likeness (QED) is 0.612. The van der Waals surface area contributed by atoms with E-state index in [4.69, 9.17) is 4.74 Å². The molecule has 1 heterocycles. The maximum atomic E-state index is 10.8. The molecule has 18 heavy (non-hydrogen) atoms. The molecule has 1 aromatic carbocycles. The monoisotopic (exact) mass is 249 g/mol. The molecular weight excluding hydrogens is 238 g/mol. The largest absolute Gasteiger partial charge is 0.488 e. The third-order valence-corrected chi connectivity index (χ3v) is 3.15. The summed E-state index contributed by atoms with van der Waals surface area (Å²) in [7, 11) is 0. The van der Waals surface area contributed by atoms with Crippen molar-refractivity contribution in [3.63, 3.8) is 0 Å². The van der Waals surface area contributed by atoms with Crippen LogP contribution in [0.25, 0.3) is 11.0 Å². The number of rotatable bonds is 3. The maximum Gasteiger partial charge on any atom is 0.301 e. The first-order valence-corrected chi connectivity index (χ1v) is 5.82. The molecule has 0 N–H and O–H groups in total. The molecule has 0 spiro atoms. The third-order valence-electron chi connectivity index (χ3n) is 3.15. The molecule has 1 fully saturated rings. The number of ether oxygens (including phenoxy) is 1. The summed E-state index contributed by atoms with van der Waals surface area (Å²) in [5.74, 6) is 0.503. The van der Waals surface area contributed by atoms with Crippen LogP contribution in [-0.4, -0.2) is 21.3 Å². The zero-order chi connectivity index (χ0) is 12.5. The summed E-state index contributed by atoms with van der Waals surface area (Å²) in [6.07, 6.45) is 4.47. The summed E-state index contributed by atoms with van der Waals surface area (Å²) in [6, 6.07) is 2.93. The summed E-state index contributed by atoms with van der Waals surface area (Å²) in [5.41, 5.74) is 0.330. The molecule has 0 unspecified atom stereocenters. The van der Waals surface area contributed by atoms with Crippen LogP contribution in [0, 0.1) is 10.1 Å². The topological polar surface area (TPSA) is 91.3 Å². The van der Waals surface area contributed by atoms with E-state index in [0.29, 0.717) is 11.3 Å². The highest BCUT2D eigenvalue weighted by Gasteiger charge is 2.23. The van der Waals surface area contributed by atoms with Crippen molar-refractivity contribution in [2.24, 2.45) is 0 Å². The summed E-state index contributed by atoms with van der Waals surface area (Å²) in [5, 5.41) is 18.1. The van der Waals surface area contributed by atoms with Crippen LogP contribution in [0.4, 0.5) is 5.69 Å². The second-order valence-electron chi connectivity index (χ2n) is 4.33. The Morgan fingerprint density at radius 3 is 2.72 bits per heavy atom. The number of hydrogen-bond acceptors (Lipinski definition) is 6. The van der Waals surface area contributed by atoms with Gasteiger partial charge >= 0.3 is 5.69 Å². The Balaban J connectivity index is 2.00. The van der Waals surface area contributed by atoms with Crippen molar-refractivity contribution >= 4 is 16.7 Å². The molecule has 0 atom stereocenters. The van der Waals surface area contributed by atoms with Gasteiger partial charge in [0.15, 0.2) is 11.3 Å². The fourth-order valence-corrected chi connectivity index (χ4v) is 2.26. The SMILES string of the molecule is O=[N+]([O-])c1ccc(OC2CCCC2)c2nonc12. The fourth-order valence-electron chi connectivity index (χ4n) is 2.26. The lowest BCUT2D eigenvalue weighted by atomic mass is 10.2. The second kappa shape index (κ2) is 4.25. The van der Waals surface area contributed by atoms with E-state index in [1.165, 1.54) is 6.07 Å². The van der Waals surface area contributed by atoms with E-state index in [1.54, 1.807) is 6.07 Å². The van der Waals surface area contributed by atoms with Gasteiger partial charge in [0, 0.05) is 6.07 Å². The van der Waals surface area contributed by atoms with Crippen molar-refractivity contribution in [1.29, 1.82) is 0 Å². The van der Waals surface area contributed by atoms with E-state index < -0.39 is 4.92 Å². The highest BCUT2D eigenvalue weighted by Crippen LogP contribution is 2.32. The predicted molar refractivity (Wildman–Crippen MR) is 61.3 cm³/mol. The number of fused-ring (bicyclic) bond motifs is 1. The molecule has 0 bridgehead atoms. The Morgan fingerprint density at radius 1 is 1.28 bits per heavy atom. The number of hydrogen-bond donors (Lipinski definition) is 0. The average molecular weight is 249 g/mol. The van der Waals surface area contributed by atoms with Gasteiger partial charge in [0.2, 0.25) is 5.52 Å². The second-order valence-corrected chi connectivity index (χ2v) is 4.33. The Bertz CT molecular complexity index is 589. The lowest BCUT2D eigenvalue weighted by molar-refractivity contribution is -0.383. The van der Waals surface area contributed by atoms with Crippen LogP contribution < -0.4 is 4.74 Å². The van der Waals surface area contributed by atoms with Crippen molar-refractivity contribution in [3.05, 3.63) is 22.2 Å². The molecule has 1 aliphatic rings. The van der Waals surface area contributed by atoms with Gasteiger partial charge in [-0.1, -0.05) is 0 Å². The van der Waals surface area contributed by atoms with Crippen LogP contribution in [0.15, 0.2) is 16.8 Å². The molecule has 0 aliphatic heterocycles. The summed E-state index contributed by atoms with van der Waals surface area (Å²) < 4.78 is 10.4. The Kier molecular flexibility index (Phi) is 2.58. The number of nitro benzene ring substituents is 1. The summed E-state index contributed by atoms with van der Waals surface area (Å²) in [6.45, 7) is 0. The van der Waals surface area contributed by atoms with Crippen molar-refractivity contribution in [2.75, 3.05) is 0 Å². The molecule has 7 nitrogen and oxygen atoms in total. The van der Waals surface area contributed by atoms with Crippen LogP contribution in [-0.2, 0) is 0 Å². The lowest BCUT2D eigenvalue weighted by Crippen LogP contribution is -2.11. The van der Waals surface area contributed by atoms with Gasteiger partial charge in [-0.25, -0.2) is 4.63 Å². The Morgan fingerprint density at radius 2 is 2.00 bits per heavy atom. The van der Waals surface area contributed by atoms with Gasteiger partial charge < -0.3 is 4.74 Å². The Hall–Kier alpha value is -2.18. The van der Waals surface area contributed by atoms with Crippen LogP contribution in [0.2, 0.25) is 0 Å². The van der Waals surface area contributed by atoms with E-state index in [1.807, 2.05) is 0 Å². The Labute approximate surface area is 102 Å².